The van der Waals surface area contributed by atoms with Crippen molar-refractivity contribution in [2.45, 2.75) is 13.3 Å². The third-order valence-corrected chi connectivity index (χ3v) is 6.59. The molecule has 1 amide bonds. The third kappa shape index (κ3) is 6.90. The van der Waals surface area contributed by atoms with Crippen LogP contribution >= 0.6 is 15.9 Å². The summed E-state index contributed by atoms with van der Waals surface area (Å²) in [7, 11) is 3.88. The molecule has 0 saturated carbocycles. The van der Waals surface area contributed by atoms with Crippen molar-refractivity contribution in [1.82, 2.24) is 15.0 Å². The average molecular weight is 590 g/mol. The Balaban J connectivity index is 1.43. The van der Waals surface area contributed by atoms with Gasteiger partial charge in [0.05, 0.1) is 37.9 Å². The smallest absolute Gasteiger partial charge is 0.358 e. The molecule has 1 aliphatic rings. The first-order chi connectivity index (χ1) is 18.5. The Labute approximate surface area is 233 Å². The quantitative estimate of drug-likeness (QED) is 0.124. The van der Waals surface area contributed by atoms with Crippen LogP contribution in [0.4, 0.5) is 17.3 Å². The number of rotatable bonds is 9. The number of carbonyl (C=O) groups is 1. The molecule has 0 unspecified atom stereocenters. The fourth-order valence-electron chi connectivity index (χ4n) is 4.16. The van der Waals surface area contributed by atoms with Gasteiger partial charge in [-0.05, 0) is 63.1 Å². The van der Waals surface area contributed by atoms with Crippen LogP contribution in [0.3, 0.4) is 0 Å². The number of nitrogens with one attached hydrogen (secondary N) is 2. The summed E-state index contributed by atoms with van der Waals surface area (Å²) < 4.78 is 1.24. The maximum absolute atomic E-state index is 12.6. The molecule has 0 saturated heterocycles. The number of halogens is 1. The average Bonchev–Trinajstić information content (AvgIpc) is 3.24. The highest BCUT2D eigenvalue weighted by atomic mass is 79.9. The molecular weight excluding hydrogens is 564 g/mol. The van der Waals surface area contributed by atoms with Gasteiger partial charge >= 0.3 is 5.82 Å². The van der Waals surface area contributed by atoms with Gasteiger partial charge in [0.25, 0.3) is 0 Å². The van der Waals surface area contributed by atoms with Crippen LogP contribution in [0.2, 0.25) is 0 Å². The van der Waals surface area contributed by atoms with Crippen molar-refractivity contribution in [1.29, 1.82) is 0 Å². The van der Waals surface area contributed by atoms with E-state index in [1.54, 1.807) is 25.3 Å². The van der Waals surface area contributed by atoms with Crippen LogP contribution < -0.4 is 10.6 Å². The lowest BCUT2D eigenvalue weighted by Gasteiger charge is -2.28. The number of fused-ring (bicyclic) bond motifs is 1. The summed E-state index contributed by atoms with van der Waals surface area (Å²) in [6.45, 7) is 2.72. The Morgan fingerprint density at radius 3 is 2.82 bits per heavy atom. The van der Waals surface area contributed by atoms with Crippen LogP contribution in [-0.4, -0.2) is 63.2 Å². The monoisotopic (exact) mass is 589 g/mol. The Bertz CT molecular complexity index is 1600. The van der Waals surface area contributed by atoms with Crippen LogP contribution in [0.5, 0.6) is 0 Å². The minimum atomic E-state index is -0.439. The molecule has 198 valence electrons. The normalized spacial score (nSPS) is 13.5. The van der Waals surface area contributed by atoms with E-state index < -0.39 is 4.92 Å². The molecule has 0 atom stereocenters. The zero-order valence-corrected chi connectivity index (χ0v) is 23.2. The molecule has 3 heterocycles. The lowest BCUT2D eigenvalue weighted by Crippen LogP contribution is -2.41. The van der Waals surface area contributed by atoms with Crippen LogP contribution in [0.25, 0.3) is 10.9 Å². The maximum atomic E-state index is 12.6. The van der Waals surface area contributed by atoms with Gasteiger partial charge in [0, 0.05) is 33.6 Å². The standard InChI is InChI=1S/C27H25BrN8O3/c1-5-18-12-20(8-9-22(18)28)33-26-21-13-24(29-14-23(21)30-16-31-26)34-25(37)7-6-10-36(3,4)15-19-11-17(2)32-27(19)35(38)39/h1,6-9,12-14,16H,10-11,15H2,2-4H3,(H-,29,30,31,33,34,37)/p+1/b7-6+. The molecule has 0 spiro atoms. The second-order valence-electron chi connectivity index (χ2n) is 9.65. The summed E-state index contributed by atoms with van der Waals surface area (Å²) in [5.74, 6) is 3.06. The molecule has 12 heteroatoms. The van der Waals surface area contributed by atoms with Crippen LogP contribution in [0, 0.1) is 22.5 Å². The Morgan fingerprint density at radius 1 is 1.28 bits per heavy atom. The summed E-state index contributed by atoms with van der Waals surface area (Å²) in [4.78, 5) is 40.4. The van der Waals surface area contributed by atoms with Gasteiger partial charge in [-0.15, -0.1) is 6.42 Å². The van der Waals surface area contributed by atoms with Gasteiger partial charge in [-0.3, -0.25) is 4.79 Å². The molecule has 2 aromatic heterocycles. The maximum Gasteiger partial charge on any atom is 0.368 e. The number of carbonyl (C=O) groups excluding carboxylic acids is 1. The lowest BCUT2D eigenvalue weighted by molar-refractivity contribution is -0.880. The van der Waals surface area contributed by atoms with E-state index in [4.69, 9.17) is 6.42 Å². The number of pyridine rings is 1. The number of likely N-dealkylation sites (N-methyl/N-ethyl adjacent to an activating group) is 1. The predicted molar refractivity (Wildman–Crippen MR) is 154 cm³/mol. The van der Waals surface area contributed by atoms with Gasteiger partial charge in [0.15, 0.2) is 0 Å². The van der Waals surface area contributed by atoms with Crippen molar-refractivity contribution < 1.29 is 14.2 Å². The van der Waals surface area contributed by atoms with Crippen LogP contribution in [0.15, 0.2) is 69.8 Å². The number of quaternary nitrogens is 1. The van der Waals surface area contributed by atoms with Gasteiger partial charge in [-0.25, -0.2) is 15.0 Å². The lowest BCUT2D eigenvalue weighted by atomic mass is 10.1. The molecule has 4 rings (SSSR count). The van der Waals surface area contributed by atoms with E-state index >= 15 is 0 Å². The number of anilines is 3. The largest absolute Gasteiger partial charge is 0.368 e. The van der Waals surface area contributed by atoms with E-state index in [0.29, 0.717) is 57.7 Å². The molecule has 0 bridgehead atoms. The minimum Gasteiger partial charge on any atom is -0.358 e. The zero-order chi connectivity index (χ0) is 28.2. The van der Waals surface area contributed by atoms with Crippen molar-refractivity contribution in [2.75, 3.05) is 37.8 Å². The summed E-state index contributed by atoms with van der Waals surface area (Å²) in [6.07, 6.45) is 12.2. The number of benzene rings is 1. The van der Waals surface area contributed by atoms with Crippen molar-refractivity contribution in [3.8, 4) is 12.3 Å². The van der Waals surface area contributed by atoms with E-state index in [1.165, 1.54) is 12.4 Å². The molecule has 2 N–H and O–H groups in total. The van der Waals surface area contributed by atoms with Crippen LogP contribution in [0.1, 0.15) is 18.9 Å². The molecule has 3 aromatic rings. The predicted octanol–water partition coefficient (Wildman–Crippen LogP) is 4.44. The van der Waals surface area contributed by atoms with E-state index in [9.17, 15) is 14.9 Å². The van der Waals surface area contributed by atoms with Crippen molar-refractivity contribution >= 4 is 55.8 Å². The minimum absolute atomic E-state index is 0.0720. The van der Waals surface area contributed by atoms with Crippen molar-refractivity contribution in [2.24, 2.45) is 4.99 Å². The molecule has 1 aliphatic heterocycles. The topological polar surface area (TPSA) is 135 Å². The third-order valence-electron chi connectivity index (χ3n) is 5.90. The number of hydrogen-bond acceptors (Lipinski definition) is 8. The zero-order valence-electron chi connectivity index (χ0n) is 21.6. The molecular formula is C27H26BrN8O3+. The highest BCUT2D eigenvalue weighted by Gasteiger charge is 2.31. The van der Waals surface area contributed by atoms with Gasteiger partial charge in [-0.2, -0.15) is 0 Å². The summed E-state index contributed by atoms with van der Waals surface area (Å²) in [6, 6.07) is 7.23. The molecule has 0 aliphatic carbocycles. The highest BCUT2D eigenvalue weighted by molar-refractivity contribution is 9.10. The van der Waals surface area contributed by atoms with Gasteiger partial charge in [-0.1, -0.05) is 5.92 Å². The molecule has 11 nitrogen and oxygen atoms in total. The summed E-state index contributed by atoms with van der Waals surface area (Å²) in [5.41, 5.74) is 3.46. The first-order valence-electron chi connectivity index (χ1n) is 11.9. The molecule has 39 heavy (non-hydrogen) atoms. The second-order valence-corrected chi connectivity index (χ2v) is 10.5. The number of terminal acetylenes is 1. The Kier molecular flexibility index (Phi) is 8.13. The van der Waals surface area contributed by atoms with Crippen LogP contribution in [-0.2, 0) is 4.79 Å². The number of aromatic nitrogens is 3. The molecule has 0 fully saturated rings. The summed E-state index contributed by atoms with van der Waals surface area (Å²) >= 11 is 3.42. The SMILES string of the molecule is C#Cc1cc(Nc2ncnc3cnc(NC(=O)/C=C/C[N+](C)(C)CC4=C([N+](=O)[O-])N=C(C)C4)cc23)ccc1Br. The number of hydrogen-bond donors (Lipinski definition) is 2. The Hall–Kier alpha value is -4.47. The van der Waals surface area contributed by atoms with E-state index in [1.807, 2.05) is 32.3 Å². The van der Waals surface area contributed by atoms with Gasteiger partial charge in [0.2, 0.25) is 5.91 Å². The first kappa shape index (κ1) is 27.6. The highest BCUT2D eigenvalue weighted by Crippen LogP contribution is 2.27. The van der Waals surface area contributed by atoms with Crippen molar-refractivity contribution in [3.63, 3.8) is 0 Å². The number of nitrogens with zero attached hydrogens (tertiary/aromatic N) is 6. The van der Waals surface area contributed by atoms with Crippen molar-refractivity contribution in [3.05, 3.63) is 80.5 Å². The Morgan fingerprint density at radius 2 is 2.08 bits per heavy atom. The molecule has 0 radical (unpaired) electrons. The fraction of sp³-hybridized carbons (Fsp3) is 0.222. The van der Waals surface area contributed by atoms with Gasteiger partial charge < -0.3 is 25.2 Å². The van der Waals surface area contributed by atoms with E-state index in [0.717, 1.165) is 15.9 Å². The number of aliphatic imine (C=N–C) groups is 1. The van der Waals surface area contributed by atoms with Gasteiger partial charge in [0.1, 0.15) is 30.2 Å². The fourth-order valence-corrected chi connectivity index (χ4v) is 4.52. The molecule has 1 aromatic carbocycles. The summed E-state index contributed by atoms with van der Waals surface area (Å²) in [5, 5.41) is 18.0. The second kappa shape index (κ2) is 11.5. The van der Waals surface area contributed by atoms with E-state index in [2.05, 4.69) is 52.4 Å². The number of nitro groups is 1. The number of amides is 1. The van der Waals surface area contributed by atoms with E-state index in [-0.39, 0.29) is 11.7 Å². The first-order valence-corrected chi connectivity index (χ1v) is 12.7.